The number of anilines is 2. The summed E-state index contributed by atoms with van der Waals surface area (Å²) < 4.78 is 18.4. The molecule has 0 aliphatic heterocycles. The van der Waals surface area contributed by atoms with E-state index < -0.39 is 11.7 Å². The average Bonchev–Trinajstić information content (AvgIpc) is 3.19. The highest BCUT2D eigenvalue weighted by molar-refractivity contribution is 5.85. The zero-order valence-corrected chi connectivity index (χ0v) is 21.3. The summed E-state index contributed by atoms with van der Waals surface area (Å²) in [5, 5.41) is 10.8. The van der Waals surface area contributed by atoms with Gasteiger partial charge in [0.05, 0.1) is 32.5 Å². The minimum atomic E-state index is -0.585. The summed E-state index contributed by atoms with van der Waals surface area (Å²) in [5.41, 5.74) is 8.15. The van der Waals surface area contributed by atoms with Gasteiger partial charge >= 0.3 is 6.09 Å². The van der Waals surface area contributed by atoms with Gasteiger partial charge in [-0.2, -0.15) is 10.1 Å². The number of carbonyl (C=O) groups excluding carboxylic acids is 1. The number of aromatic nitrogens is 4. The highest BCUT2D eigenvalue weighted by atomic mass is 16.6. The predicted molar refractivity (Wildman–Crippen MR) is 135 cm³/mol. The van der Waals surface area contributed by atoms with E-state index in [1.807, 2.05) is 39.1 Å². The fourth-order valence-electron chi connectivity index (χ4n) is 3.60. The van der Waals surface area contributed by atoms with E-state index in [1.54, 1.807) is 18.9 Å². The number of carbonyl (C=O) groups is 1. The van der Waals surface area contributed by atoms with Gasteiger partial charge in [0.1, 0.15) is 22.6 Å². The number of methoxy groups -OCH3 is 2. The largest absolute Gasteiger partial charge is 0.496 e. The van der Waals surface area contributed by atoms with E-state index in [1.165, 1.54) is 0 Å². The Labute approximate surface area is 205 Å². The molecule has 0 saturated carbocycles. The monoisotopic (exact) mass is 485 g/mol. The molecule has 0 aliphatic rings. The molecule has 3 aromatic rings. The zero-order chi connectivity index (χ0) is 25.6. The number of benzene rings is 1. The van der Waals surface area contributed by atoms with Gasteiger partial charge in [-0.25, -0.2) is 9.78 Å². The van der Waals surface area contributed by atoms with Crippen LogP contribution < -0.4 is 25.8 Å². The lowest BCUT2D eigenvalue weighted by Crippen LogP contribution is -2.32. The van der Waals surface area contributed by atoms with Crippen LogP contribution in [0.1, 0.15) is 51.7 Å². The Bertz CT molecular complexity index is 1170. The van der Waals surface area contributed by atoms with Gasteiger partial charge < -0.3 is 30.6 Å². The lowest BCUT2D eigenvalue weighted by atomic mass is 10.1. The van der Waals surface area contributed by atoms with Gasteiger partial charge in [0, 0.05) is 18.7 Å². The standard InChI is InChI=1S/C24H35N7O4/c1-7-8-11-26-21-19-17(28-22(25)29-21)14-31(30-19)13-16-18(33-5)10-9-15(20(16)34-6)12-27-23(32)35-24(2,3)4/h9-10,14H,7-8,11-13H2,1-6H3,(H,27,32)(H3,25,26,28,29). The fourth-order valence-corrected chi connectivity index (χ4v) is 3.60. The molecule has 1 amide bonds. The van der Waals surface area contributed by atoms with Crippen LogP contribution in [-0.4, -0.2) is 52.2 Å². The minimum Gasteiger partial charge on any atom is -0.496 e. The number of nitrogens with one attached hydrogen (secondary N) is 2. The number of rotatable bonds is 10. The van der Waals surface area contributed by atoms with Crippen molar-refractivity contribution >= 4 is 28.9 Å². The Morgan fingerprint density at radius 3 is 2.60 bits per heavy atom. The van der Waals surface area contributed by atoms with Crippen LogP contribution in [0.4, 0.5) is 16.6 Å². The van der Waals surface area contributed by atoms with Gasteiger partial charge in [0.25, 0.3) is 0 Å². The summed E-state index contributed by atoms with van der Waals surface area (Å²) in [5.74, 6) is 2.01. The Morgan fingerprint density at radius 2 is 1.94 bits per heavy atom. The molecule has 190 valence electrons. The molecule has 0 unspecified atom stereocenters. The van der Waals surface area contributed by atoms with E-state index >= 15 is 0 Å². The number of fused-ring (bicyclic) bond motifs is 1. The molecule has 0 spiro atoms. The van der Waals surface area contributed by atoms with Crippen LogP contribution in [-0.2, 0) is 17.8 Å². The summed E-state index contributed by atoms with van der Waals surface area (Å²) in [6.45, 7) is 8.91. The number of nitrogens with zero attached hydrogens (tertiary/aromatic N) is 4. The molecule has 0 bridgehead atoms. The maximum atomic E-state index is 12.1. The van der Waals surface area contributed by atoms with E-state index in [0.29, 0.717) is 34.9 Å². The number of ether oxygens (including phenoxy) is 3. The van der Waals surface area contributed by atoms with Crippen LogP contribution in [0.5, 0.6) is 11.5 Å². The first-order valence-electron chi connectivity index (χ1n) is 11.6. The fraction of sp³-hybridized carbons (Fsp3) is 0.500. The molecular weight excluding hydrogens is 450 g/mol. The molecule has 0 fully saturated rings. The zero-order valence-electron chi connectivity index (χ0n) is 21.3. The maximum absolute atomic E-state index is 12.1. The lowest BCUT2D eigenvalue weighted by Gasteiger charge is -2.21. The molecule has 0 aliphatic carbocycles. The second-order valence-electron chi connectivity index (χ2n) is 9.07. The summed E-state index contributed by atoms with van der Waals surface area (Å²) in [7, 11) is 3.18. The van der Waals surface area contributed by atoms with Gasteiger partial charge in [-0.1, -0.05) is 13.3 Å². The molecule has 0 atom stereocenters. The van der Waals surface area contributed by atoms with Gasteiger partial charge in [0.15, 0.2) is 11.3 Å². The van der Waals surface area contributed by atoms with Crippen molar-refractivity contribution in [2.75, 3.05) is 31.8 Å². The lowest BCUT2D eigenvalue weighted by molar-refractivity contribution is 0.0523. The molecule has 11 nitrogen and oxygen atoms in total. The molecular formula is C24H35N7O4. The van der Waals surface area contributed by atoms with Crippen molar-refractivity contribution in [2.24, 2.45) is 0 Å². The van der Waals surface area contributed by atoms with Crippen molar-refractivity contribution in [3.63, 3.8) is 0 Å². The number of nitrogens with two attached hydrogens (primary N) is 1. The molecule has 11 heteroatoms. The molecule has 3 rings (SSSR count). The van der Waals surface area contributed by atoms with Gasteiger partial charge in [-0.3, -0.25) is 4.68 Å². The summed E-state index contributed by atoms with van der Waals surface area (Å²) in [6, 6.07) is 3.68. The second-order valence-corrected chi connectivity index (χ2v) is 9.07. The third-order valence-corrected chi connectivity index (χ3v) is 5.12. The van der Waals surface area contributed by atoms with Crippen LogP contribution in [0, 0.1) is 0 Å². The van der Waals surface area contributed by atoms with E-state index in [9.17, 15) is 4.79 Å². The number of alkyl carbamates (subject to hydrolysis) is 1. The Hall–Kier alpha value is -3.76. The van der Waals surface area contributed by atoms with Crippen LogP contribution in [0.15, 0.2) is 18.3 Å². The molecule has 35 heavy (non-hydrogen) atoms. The molecule has 2 heterocycles. The molecule has 1 aromatic carbocycles. The van der Waals surface area contributed by atoms with Gasteiger partial charge in [-0.05, 0) is 39.3 Å². The SMILES string of the molecule is CCCCNc1nc(N)nc2cn(Cc3c(OC)ccc(CNC(=O)OC(C)(C)C)c3OC)nc12. The highest BCUT2D eigenvalue weighted by Crippen LogP contribution is 2.33. The van der Waals surface area contributed by atoms with Gasteiger partial charge in [-0.15, -0.1) is 0 Å². The smallest absolute Gasteiger partial charge is 0.407 e. The van der Waals surface area contributed by atoms with Crippen LogP contribution in [0.2, 0.25) is 0 Å². The summed E-state index contributed by atoms with van der Waals surface area (Å²) in [6.07, 6.45) is 3.37. The Kier molecular flexibility index (Phi) is 8.21. The summed E-state index contributed by atoms with van der Waals surface area (Å²) >= 11 is 0. The van der Waals surface area contributed by atoms with Gasteiger partial charge in [0.2, 0.25) is 5.95 Å². The first kappa shape index (κ1) is 25.9. The number of hydrogen-bond donors (Lipinski definition) is 3. The van der Waals surface area contributed by atoms with E-state index in [2.05, 4.69) is 27.5 Å². The summed E-state index contributed by atoms with van der Waals surface area (Å²) in [4.78, 5) is 20.8. The number of nitrogen functional groups attached to an aromatic ring is 1. The van der Waals surface area contributed by atoms with Crippen molar-refractivity contribution in [3.05, 3.63) is 29.5 Å². The highest BCUT2D eigenvalue weighted by Gasteiger charge is 2.20. The third kappa shape index (κ3) is 6.65. The van der Waals surface area contributed by atoms with E-state index in [0.717, 1.165) is 30.5 Å². The number of unbranched alkanes of at least 4 members (excludes halogenated alkanes) is 1. The quantitative estimate of drug-likeness (QED) is 0.367. The maximum Gasteiger partial charge on any atom is 0.407 e. The van der Waals surface area contributed by atoms with E-state index in [-0.39, 0.29) is 12.5 Å². The van der Waals surface area contributed by atoms with Crippen molar-refractivity contribution < 1.29 is 19.0 Å². The van der Waals surface area contributed by atoms with Crippen molar-refractivity contribution in [2.45, 2.75) is 59.2 Å². The second kappa shape index (κ2) is 11.1. The van der Waals surface area contributed by atoms with Crippen LogP contribution in [0.25, 0.3) is 11.0 Å². The topological polar surface area (TPSA) is 138 Å². The predicted octanol–water partition coefficient (Wildman–Crippen LogP) is 3.71. The van der Waals surface area contributed by atoms with Crippen LogP contribution >= 0.6 is 0 Å². The number of hydrogen-bond acceptors (Lipinski definition) is 9. The molecule has 0 radical (unpaired) electrons. The first-order chi connectivity index (χ1) is 16.6. The normalized spacial score (nSPS) is 11.4. The van der Waals surface area contributed by atoms with Crippen LogP contribution in [0.3, 0.4) is 0 Å². The number of amides is 1. The molecule has 0 saturated heterocycles. The average molecular weight is 486 g/mol. The molecule has 2 aromatic heterocycles. The minimum absolute atomic E-state index is 0.182. The van der Waals surface area contributed by atoms with Crippen molar-refractivity contribution in [3.8, 4) is 11.5 Å². The van der Waals surface area contributed by atoms with E-state index in [4.69, 9.17) is 25.0 Å². The Balaban J connectivity index is 1.90. The molecule has 4 N–H and O–H groups in total. The third-order valence-electron chi connectivity index (χ3n) is 5.12. The van der Waals surface area contributed by atoms with Crippen molar-refractivity contribution in [1.82, 2.24) is 25.1 Å². The Morgan fingerprint density at radius 1 is 1.17 bits per heavy atom. The van der Waals surface area contributed by atoms with Crippen molar-refractivity contribution in [1.29, 1.82) is 0 Å². The first-order valence-corrected chi connectivity index (χ1v) is 11.6.